The summed E-state index contributed by atoms with van der Waals surface area (Å²) in [6.45, 7) is -2.84. The van der Waals surface area contributed by atoms with Gasteiger partial charge in [0.25, 0.3) is 5.91 Å². The molecule has 3 rings (SSSR count). The molecule has 1 aromatic carbocycles. The number of alkyl halides is 2. The van der Waals surface area contributed by atoms with Crippen LogP contribution >= 0.6 is 0 Å². The Morgan fingerprint density at radius 2 is 2.04 bits per heavy atom. The van der Waals surface area contributed by atoms with Gasteiger partial charge in [-0.05, 0) is 68.2 Å². The van der Waals surface area contributed by atoms with Gasteiger partial charge >= 0.3 is 6.61 Å². The van der Waals surface area contributed by atoms with Crippen molar-refractivity contribution in [2.75, 3.05) is 0 Å². The molecule has 126 valence electrons. The summed E-state index contributed by atoms with van der Waals surface area (Å²) in [4.78, 5) is 12.4. The average molecular weight is 325 g/mol. The standard InChI is InChI=1S/C17H21F2NO3/c18-16(19)23-12-6-7-13-11(10-12)4-3-5-14(13)20-15(21)17(22)8-1-2-9-17/h6-7,10,14,16,22H,1-5,8-9H2,(H,20,21). The Balaban J connectivity index is 1.75. The molecule has 1 amide bonds. The molecule has 0 bridgehead atoms. The third-order valence-corrected chi connectivity index (χ3v) is 4.81. The fraction of sp³-hybridized carbons (Fsp3) is 0.588. The summed E-state index contributed by atoms with van der Waals surface area (Å²) in [5.41, 5.74) is 0.585. The van der Waals surface area contributed by atoms with Crippen molar-refractivity contribution in [3.8, 4) is 5.75 Å². The number of halogens is 2. The highest BCUT2D eigenvalue weighted by atomic mass is 19.3. The molecule has 1 saturated carbocycles. The fourth-order valence-electron chi connectivity index (χ4n) is 3.60. The summed E-state index contributed by atoms with van der Waals surface area (Å²) in [5, 5.41) is 13.3. The number of nitrogens with one attached hydrogen (secondary N) is 1. The van der Waals surface area contributed by atoms with E-state index in [-0.39, 0.29) is 17.7 Å². The molecule has 0 aromatic heterocycles. The number of aliphatic hydroxyl groups is 1. The molecular weight excluding hydrogens is 304 g/mol. The van der Waals surface area contributed by atoms with Crippen molar-refractivity contribution in [1.29, 1.82) is 0 Å². The Bertz CT molecular complexity index is 585. The Morgan fingerprint density at radius 3 is 2.74 bits per heavy atom. The predicted molar refractivity (Wildman–Crippen MR) is 80.3 cm³/mol. The molecule has 0 radical (unpaired) electrons. The number of rotatable bonds is 4. The summed E-state index contributed by atoms with van der Waals surface area (Å²) in [6, 6.07) is 4.66. The van der Waals surface area contributed by atoms with Gasteiger partial charge in [0, 0.05) is 0 Å². The van der Waals surface area contributed by atoms with Crippen LogP contribution in [-0.4, -0.2) is 23.2 Å². The first-order valence-electron chi connectivity index (χ1n) is 8.09. The minimum absolute atomic E-state index is 0.139. The first kappa shape index (κ1) is 16.2. The van der Waals surface area contributed by atoms with Crippen LogP contribution in [0, 0.1) is 0 Å². The van der Waals surface area contributed by atoms with Crippen LogP contribution in [0.15, 0.2) is 18.2 Å². The molecule has 0 heterocycles. The highest BCUT2D eigenvalue weighted by Gasteiger charge is 2.40. The normalized spacial score (nSPS) is 22.7. The van der Waals surface area contributed by atoms with Crippen molar-refractivity contribution in [3.63, 3.8) is 0 Å². The van der Waals surface area contributed by atoms with Crippen LogP contribution in [0.25, 0.3) is 0 Å². The molecule has 0 saturated heterocycles. The predicted octanol–water partition coefficient (Wildman–Crippen LogP) is 3.09. The molecular formula is C17H21F2NO3. The second-order valence-electron chi connectivity index (χ2n) is 6.40. The summed E-state index contributed by atoms with van der Waals surface area (Å²) in [7, 11) is 0. The number of aryl methyl sites for hydroxylation is 1. The van der Waals surface area contributed by atoms with E-state index < -0.39 is 12.2 Å². The van der Waals surface area contributed by atoms with Crippen molar-refractivity contribution in [1.82, 2.24) is 5.32 Å². The molecule has 1 atom stereocenters. The topological polar surface area (TPSA) is 58.6 Å². The van der Waals surface area contributed by atoms with E-state index in [1.54, 1.807) is 12.1 Å². The van der Waals surface area contributed by atoms with Crippen LogP contribution in [0.2, 0.25) is 0 Å². The van der Waals surface area contributed by atoms with Crippen LogP contribution in [-0.2, 0) is 11.2 Å². The maximum Gasteiger partial charge on any atom is 0.387 e. The van der Waals surface area contributed by atoms with Crippen LogP contribution in [0.4, 0.5) is 8.78 Å². The fourth-order valence-corrected chi connectivity index (χ4v) is 3.60. The van der Waals surface area contributed by atoms with Crippen molar-refractivity contribution in [2.24, 2.45) is 0 Å². The number of carbonyl (C=O) groups is 1. The van der Waals surface area contributed by atoms with E-state index in [9.17, 15) is 18.7 Å². The van der Waals surface area contributed by atoms with E-state index in [4.69, 9.17) is 0 Å². The van der Waals surface area contributed by atoms with Crippen molar-refractivity contribution >= 4 is 5.91 Å². The van der Waals surface area contributed by atoms with Gasteiger partial charge < -0.3 is 15.2 Å². The maximum absolute atomic E-state index is 12.4. The number of benzene rings is 1. The smallest absolute Gasteiger partial charge is 0.387 e. The minimum Gasteiger partial charge on any atom is -0.435 e. The van der Waals surface area contributed by atoms with Crippen LogP contribution in [0.5, 0.6) is 5.75 Å². The lowest BCUT2D eigenvalue weighted by Crippen LogP contribution is -2.46. The zero-order valence-electron chi connectivity index (χ0n) is 12.9. The molecule has 0 spiro atoms. The van der Waals surface area contributed by atoms with Gasteiger partial charge in [0.05, 0.1) is 6.04 Å². The number of hydrogen-bond acceptors (Lipinski definition) is 3. The molecule has 1 fully saturated rings. The number of hydrogen-bond donors (Lipinski definition) is 2. The number of ether oxygens (including phenoxy) is 1. The summed E-state index contributed by atoms with van der Waals surface area (Å²) in [6.07, 6.45) is 5.13. The Labute approximate surface area is 133 Å². The molecule has 1 aromatic rings. The summed E-state index contributed by atoms with van der Waals surface area (Å²) < 4.78 is 29.1. The zero-order chi connectivity index (χ0) is 16.4. The van der Waals surface area contributed by atoms with Crippen LogP contribution in [0.3, 0.4) is 0 Å². The number of amides is 1. The van der Waals surface area contributed by atoms with E-state index in [0.29, 0.717) is 12.8 Å². The highest BCUT2D eigenvalue weighted by Crippen LogP contribution is 2.35. The van der Waals surface area contributed by atoms with Crippen molar-refractivity contribution in [3.05, 3.63) is 29.3 Å². The Morgan fingerprint density at radius 1 is 1.30 bits per heavy atom. The minimum atomic E-state index is -2.84. The number of carbonyl (C=O) groups excluding carboxylic acids is 1. The van der Waals surface area contributed by atoms with Gasteiger partial charge in [0.15, 0.2) is 0 Å². The van der Waals surface area contributed by atoms with E-state index in [0.717, 1.165) is 43.2 Å². The molecule has 2 aliphatic rings. The van der Waals surface area contributed by atoms with Gasteiger partial charge in [-0.3, -0.25) is 4.79 Å². The first-order valence-corrected chi connectivity index (χ1v) is 8.09. The van der Waals surface area contributed by atoms with Crippen molar-refractivity contribution in [2.45, 2.75) is 63.2 Å². The Kier molecular flexibility index (Phi) is 4.53. The monoisotopic (exact) mass is 325 g/mol. The van der Waals surface area contributed by atoms with Crippen LogP contribution in [0.1, 0.15) is 55.7 Å². The maximum atomic E-state index is 12.4. The second-order valence-corrected chi connectivity index (χ2v) is 6.40. The van der Waals surface area contributed by atoms with Gasteiger partial charge in [-0.2, -0.15) is 8.78 Å². The summed E-state index contributed by atoms with van der Waals surface area (Å²) >= 11 is 0. The van der Waals surface area contributed by atoms with Gasteiger partial charge in [0.2, 0.25) is 0 Å². The lowest BCUT2D eigenvalue weighted by atomic mass is 9.87. The average Bonchev–Trinajstić information content (AvgIpc) is 2.95. The Hall–Kier alpha value is -1.69. The molecule has 23 heavy (non-hydrogen) atoms. The number of fused-ring (bicyclic) bond motifs is 1. The summed E-state index contributed by atoms with van der Waals surface area (Å²) in [5.74, 6) is -0.180. The third-order valence-electron chi connectivity index (χ3n) is 4.81. The molecule has 1 unspecified atom stereocenters. The van der Waals surface area contributed by atoms with E-state index in [1.165, 1.54) is 6.07 Å². The zero-order valence-corrected chi connectivity index (χ0v) is 12.9. The van der Waals surface area contributed by atoms with Gasteiger partial charge in [-0.1, -0.05) is 6.07 Å². The quantitative estimate of drug-likeness (QED) is 0.894. The lowest BCUT2D eigenvalue weighted by Gasteiger charge is -2.30. The lowest BCUT2D eigenvalue weighted by molar-refractivity contribution is -0.140. The molecule has 2 aliphatic carbocycles. The van der Waals surface area contributed by atoms with E-state index >= 15 is 0 Å². The van der Waals surface area contributed by atoms with Gasteiger partial charge in [-0.15, -0.1) is 0 Å². The van der Waals surface area contributed by atoms with E-state index in [1.807, 2.05) is 0 Å². The SMILES string of the molecule is O=C(NC1CCCc2cc(OC(F)F)ccc21)C1(O)CCCC1. The van der Waals surface area contributed by atoms with Crippen LogP contribution < -0.4 is 10.1 Å². The second kappa shape index (κ2) is 6.43. The van der Waals surface area contributed by atoms with Gasteiger partial charge in [-0.25, -0.2) is 0 Å². The molecule has 4 nitrogen and oxygen atoms in total. The molecule has 6 heteroatoms. The van der Waals surface area contributed by atoms with Crippen molar-refractivity contribution < 1.29 is 23.4 Å². The largest absolute Gasteiger partial charge is 0.435 e. The highest BCUT2D eigenvalue weighted by molar-refractivity contribution is 5.85. The molecule has 2 N–H and O–H groups in total. The van der Waals surface area contributed by atoms with Gasteiger partial charge in [0.1, 0.15) is 11.4 Å². The molecule has 0 aliphatic heterocycles. The third kappa shape index (κ3) is 3.47. The van der Waals surface area contributed by atoms with E-state index in [2.05, 4.69) is 10.1 Å². The first-order chi connectivity index (χ1) is 11.0.